The molecule has 5 nitrogen and oxygen atoms in total. The molecule has 2 N–H and O–H groups in total. The molecule has 2 aromatic carbocycles. The van der Waals surface area contributed by atoms with Gasteiger partial charge in [0.2, 0.25) is 0 Å². The van der Waals surface area contributed by atoms with Gasteiger partial charge in [-0.05, 0) is 67.6 Å². The number of carbonyl (C=O) groups is 1. The Morgan fingerprint density at radius 1 is 1.22 bits per heavy atom. The van der Waals surface area contributed by atoms with Gasteiger partial charge in [0.05, 0.1) is 18.8 Å². The summed E-state index contributed by atoms with van der Waals surface area (Å²) in [6.07, 6.45) is 2.24. The van der Waals surface area contributed by atoms with Gasteiger partial charge in [-0.1, -0.05) is 18.2 Å². The van der Waals surface area contributed by atoms with Crippen LogP contribution in [0.1, 0.15) is 52.7 Å². The maximum Gasteiger partial charge on any atom is 0.335 e. The number of nitrogens with zero attached hydrogens (tertiary/aromatic N) is 1. The minimum Gasteiger partial charge on any atom is -0.494 e. The first-order chi connectivity index (χ1) is 13.1. The van der Waals surface area contributed by atoms with E-state index in [1.165, 1.54) is 11.1 Å². The predicted octanol–water partition coefficient (Wildman–Crippen LogP) is 3.66. The van der Waals surface area contributed by atoms with Crippen molar-refractivity contribution in [3.8, 4) is 5.75 Å². The third kappa shape index (κ3) is 4.87. The number of carboxylic acids is 1. The normalized spacial score (nSPS) is 17.6. The van der Waals surface area contributed by atoms with Crippen LogP contribution < -0.4 is 4.74 Å². The summed E-state index contributed by atoms with van der Waals surface area (Å²) in [6.45, 7) is 5.33. The first-order valence-corrected chi connectivity index (χ1v) is 9.51. The van der Waals surface area contributed by atoms with E-state index in [1.54, 1.807) is 12.1 Å². The number of benzene rings is 2. The maximum absolute atomic E-state index is 11.0. The highest BCUT2D eigenvalue weighted by atomic mass is 16.5. The molecule has 1 atom stereocenters. The number of rotatable bonds is 7. The van der Waals surface area contributed by atoms with Crippen LogP contribution in [-0.4, -0.2) is 40.8 Å². The summed E-state index contributed by atoms with van der Waals surface area (Å²) in [4.78, 5) is 13.5. The van der Waals surface area contributed by atoms with Gasteiger partial charge < -0.3 is 14.9 Å². The lowest BCUT2D eigenvalue weighted by Crippen LogP contribution is -2.33. The lowest BCUT2D eigenvalue weighted by Gasteiger charge is -2.33. The summed E-state index contributed by atoms with van der Waals surface area (Å²) in [6, 6.07) is 13.3. The molecule has 27 heavy (non-hydrogen) atoms. The molecule has 0 radical (unpaired) electrons. The molecule has 1 aliphatic heterocycles. The quantitative estimate of drug-likeness (QED) is 0.779. The molecule has 0 aromatic heterocycles. The molecule has 1 fully saturated rings. The third-order valence-electron chi connectivity index (χ3n) is 5.14. The summed E-state index contributed by atoms with van der Waals surface area (Å²) in [5, 5.41) is 18.6. The number of likely N-dealkylation sites (tertiary alicyclic amines) is 1. The maximum atomic E-state index is 11.0. The van der Waals surface area contributed by atoms with Crippen LogP contribution in [0, 0.1) is 0 Å². The summed E-state index contributed by atoms with van der Waals surface area (Å²) >= 11 is 0. The molecule has 144 valence electrons. The molecular formula is C22H27NO4. The van der Waals surface area contributed by atoms with Crippen LogP contribution in [0.2, 0.25) is 0 Å². The van der Waals surface area contributed by atoms with Crippen LogP contribution >= 0.6 is 0 Å². The van der Waals surface area contributed by atoms with Crippen LogP contribution in [0.15, 0.2) is 42.5 Å². The first-order valence-electron chi connectivity index (χ1n) is 9.51. The lowest BCUT2D eigenvalue weighted by atomic mass is 9.90. The van der Waals surface area contributed by atoms with E-state index in [2.05, 4.69) is 11.0 Å². The summed E-state index contributed by atoms with van der Waals surface area (Å²) in [5.41, 5.74) is 3.53. The van der Waals surface area contributed by atoms with E-state index in [1.807, 2.05) is 31.2 Å². The number of aliphatic hydroxyl groups excluding tert-OH is 1. The lowest BCUT2D eigenvalue weighted by molar-refractivity contribution is 0.0697. The average molecular weight is 369 g/mol. The van der Waals surface area contributed by atoms with Gasteiger partial charge in [-0.25, -0.2) is 4.79 Å². The second-order valence-electron chi connectivity index (χ2n) is 7.03. The van der Waals surface area contributed by atoms with Crippen molar-refractivity contribution in [2.75, 3.05) is 19.7 Å². The van der Waals surface area contributed by atoms with Gasteiger partial charge in [0.25, 0.3) is 0 Å². The number of ether oxygens (including phenoxy) is 1. The smallest absolute Gasteiger partial charge is 0.335 e. The Kier molecular flexibility index (Phi) is 6.48. The molecule has 1 aliphatic rings. The van der Waals surface area contributed by atoms with Crippen molar-refractivity contribution in [2.24, 2.45) is 0 Å². The van der Waals surface area contributed by atoms with Crippen molar-refractivity contribution in [1.29, 1.82) is 0 Å². The van der Waals surface area contributed by atoms with E-state index < -0.39 is 5.97 Å². The van der Waals surface area contributed by atoms with E-state index in [9.17, 15) is 9.90 Å². The molecule has 0 saturated carbocycles. The molecule has 0 amide bonds. The van der Waals surface area contributed by atoms with Crippen molar-refractivity contribution in [3.05, 3.63) is 64.7 Å². The van der Waals surface area contributed by atoms with Crippen LogP contribution in [-0.2, 0) is 13.2 Å². The minimum absolute atomic E-state index is 0.0261. The first kappa shape index (κ1) is 19.4. The van der Waals surface area contributed by atoms with E-state index in [0.29, 0.717) is 18.1 Å². The summed E-state index contributed by atoms with van der Waals surface area (Å²) in [7, 11) is 0. The van der Waals surface area contributed by atoms with Gasteiger partial charge in [0, 0.05) is 18.7 Å². The van der Waals surface area contributed by atoms with Crippen molar-refractivity contribution in [2.45, 2.75) is 38.8 Å². The Morgan fingerprint density at radius 3 is 2.67 bits per heavy atom. The Balaban J connectivity index is 1.67. The van der Waals surface area contributed by atoms with Crippen molar-refractivity contribution < 1.29 is 19.7 Å². The summed E-state index contributed by atoms with van der Waals surface area (Å²) in [5.74, 6) is 0.280. The highest BCUT2D eigenvalue weighted by Crippen LogP contribution is 2.29. The number of hydrogen-bond acceptors (Lipinski definition) is 4. The van der Waals surface area contributed by atoms with Crippen molar-refractivity contribution in [3.63, 3.8) is 0 Å². The van der Waals surface area contributed by atoms with E-state index >= 15 is 0 Å². The fourth-order valence-corrected chi connectivity index (χ4v) is 3.78. The SMILES string of the molecule is CCOc1ccc(CN2CCC[C@H](c3ccc(C(=O)O)cc3)C2)cc1CO. The van der Waals surface area contributed by atoms with Crippen LogP contribution in [0.4, 0.5) is 0 Å². The molecule has 0 aliphatic carbocycles. The second-order valence-corrected chi connectivity index (χ2v) is 7.03. The van der Waals surface area contributed by atoms with Crippen molar-refractivity contribution in [1.82, 2.24) is 4.90 Å². The molecule has 5 heteroatoms. The molecule has 1 heterocycles. The van der Waals surface area contributed by atoms with Gasteiger partial charge >= 0.3 is 5.97 Å². The Labute approximate surface area is 160 Å². The molecule has 3 rings (SSSR count). The largest absolute Gasteiger partial charge is 0.494 e. The number of aliphatic hydroxyl groups is 1. The zero-order valence-electron chi connectivity index (χ0n) is 15.7. The number of carboxylic acid groups (broad SMARTS) is 1. The van der Waals surface area contributed by atoms with Gasteiger partial charge in [-0.3, -0.25) is 4.90 Å². The molecule has 1 saturated heterocycles. The van der Waals surface area contributed by atoms with Gasteiger partial charge in [-0.2, -0.15) is 0 Å². The molecule has 2 aromatic rings. The highest BCUT2D eigenvalue weighted by Gasteiger charge is 2.22. The topological polar surface area (TPSA) is 70.0 Å². The van der Waals surface area contributed by atoms with E-state index in [4.69, 9.17) is 9.84 Å². The number of aromatic carboxylic acids is 1. The number of hydrogen-bond donors (Lipinski definition) is 2. The standard InChI is InChI=1S/C22H27NO4/c1-2-27-21-10-5-16(12-20(21)15-24)13-23-11-3-4-19(14-23)17-6-8-18(9-7-17)22(25)26/h5-10,12,19,24H,2-4,11,13-15H2,1H3,(H,25,26)/t19-/m0/s1. The van der Waals surface area contributed by atoms with Crippen LogP contribution in [0.3, 0.4) is 0 Å². The van der Waals surface area contributed by atoms with E-state index in [0.717, 1.165) is 43.8 Å². The zero-order valence-corrected chi connectivity index (χ0v) is 15.7. The molecule has 0 bridgehead atoms. The zero-order chi connectivity index (χ0) is 19.2. The monoisotopic (exact) mass is 369 g/mol. The average Bonchev–Trinajstić information content (AvgIpc) is 2.69. The Bertz CT molecular complexity index is 772. The molecule has 0 unspecified atom stereocenters. The Morgan fingerprint density at radius 2 is 2.00 bits per heavy atom. The highest BCUT2D eigenvalue weighted by molar-refractivity contribution is 5.87. The van der Waals surface area contributed by atoms with Crippen molar-refractivity contribution >= 4 is 5.97 Å². The van der Waals surface area contributed by atoms with Gasteiger partial charge in [0.15, 0.2) is 0 Å². The van der Waals surface area contributed by atoms with Crippen LogP contribution in [0.25, 0.3) is 0 Å². The van der Waals surface area contributed by atoms with Gasteiger partial charge in [0.1, 0.15) is 5.75 Å². The Hall–Kier alpha value is -2.37. The van der Waals surface area contributed by atoms with Gasteiger partial charge in [-0.15, -0.1) is 0 Å². The minimum atomic E-state index is -0.887. The molecular weight excluding hydrogens is 342 g/mol. The van der Waals surface area contributed by atoms with Crippen LogP contribution in [0.5, 0.6) is 5.75 Å². The summed E-state index contributed by atoms with van der Waals surface area (Å²) < 4.78 is 5.56. The van der Waals surface area contributed by atoms with E-state index in [-0.39, 0.29) is 6.61 Å². The molecule has 0 spiro atoms. The second kappa shape index (κ2) is 9.02. The predicted molar refractivity (Wildman–Crippen MR) is 104 cm³/mol. The fraction of sp³-hybridized carbons (Fsp3) is 0.409. The third-order valence-corrected chi connectivity index (χ3v) is 5.14. The number of piperidine rings is 1. The fourth-order valence-electron chi connectivity index (χ4n) is 3.78.